The Bertz CT molecular complexity index is 584. The lowest BCUT2D eigenvalue weighted by Crippen LogP contribution is -2.13. The smallest absolute Gasteiger partial charge is 0.269 e. The predicted molar refractivity (Wildman–Crippen MR) is 75.2 cm³/mol. The summed E-state index contributed by atoms with van der Waals surface area (Å²) >= 11 is 6.08. The molecule has 2 aromatic rings. The highest BCUT2D eigenvalue weighted by Gasteiger charge is 2.11. The second-order valence-corrected chi connectivity index (χ2v) is 4.66. The molecule has 0 amide bonds. The Labute approximate surface area is 116 Å². The summed E-state index contributed by atoms with van der Waals surface area (Å²) in [5.41, 5.74) is 8.01. The van der Waals surface area contributed by atoms with Crippen molar-refractivity contribution in [1.82, 2.24) is 0 Å². The standard InChI is InChI=1S/C14H13ClN2O2/c15-13-4-2-1-3-12(13)14(16)9-10-5-7-11(8-6-10)17(18)19/h1-8,14H,9,16H2. The van der Waals surface area contributed by atoms with Crippen LogP contribution in [0.25, 0.3) is 0 Å². The maximum atomic E-state index is 10.6. The summed E-state index contributed by atoms with van der Waals surface area (Å²) in [5.74, 6) is 0. The minimum absolute atomic E-state index is 0.0788. The lowest BCUT2D eigenvalue weighted by molar-refractivity contribution is -0.384. The number of benzene rings is 2. The van der Waals surface area contributed by atoms with E-state index < -0.39 is 4.92 Å². The molecule has 0 heterocycles. The fraction of sp³-hybridized carbons (Fsp3) is 0.143. The van der Waals surface area contributed by atoms with Gasteiger partial charge in [0.2, 0.25) is 0 Å². The van der Waals surface area contributed by atoms with Crippen LogP contribution in [0.3, 0.4) is 0 Å². The van der Waals surface area contributed by atoms with Crippen LogP contribution in [-0.4, -0.2) is 4.92 Å². The molecule has 4 nitrogen and oxygen atoms in total. The molecule has 0 saturated heterocycles. The first-order valence-corrected chi connectivity index (χ1v) is 6.19. The first-order chi connectivity index (χ1) is 9.08. The summed E-state index contributed by atoms with van der Waals surface area (Å²) in [6.45, 7) is 0. The summed E-state index contributed by atoms with van der Waals surface area (Å²) in [6, 6.07) is 13.6. The molecule has 0 aromatic heterocycles. The van der Waals surface area contributed by atoms with Gasteiger partial charge in [-0.15, -0.1) is 0 Å². The molecule has 2 aromatic carbocycles. The summed E-state index contributed by atoms with van der Waals surface area (Å²) in [6.07, 6.45) is 0.585. The quantitative estimate of drug-likeness (QED) is 0.686. The summed E-state index contributed by atoms with van der Waals surface area (Å²) in [7, 11) is 0. The van der Waals surface area contributed by atoms with Gasteiger partial charge in [-0.3, -0.25) is 10.1 Å². The number of nitrogens with zero attached hydrogens (tertiary/aromatic N) is 1. The monoisotopic (exact) mass is 276 g/mol. The summed E-state index contributed by atoms with van der Waals surface area (Å²) in [4.78, 5) is 10.1. The van der Waals surface area contributed by atoms with Crippen LogP contribution in [0.2, 0.25) is 5.02 Å². The summed E-state index contributed by atoms with van der Waals surface area (Å²) in [5, 5.41) is 11.2. The fourth-order valence-corrected chi connectivity index (χ4v) is 2.17. The number of hydrogen-bond acceptors (Lipinski definition) is 3. The number of halogens is 1. The zero-order chi connectivity index (χ0) is 13.8. The van der Waals surface area contributed by atoms with Gasteiger partial charge in [0, 0.05) is 23.2 Å². The van der Waals surface area contributed by atoms with E-state index in [1.807, 2.05) is 18.2 Å². The van der Waals surface area contributed by atoms with E-state index in [9.17, 15) is 10.1 Å². The normalized spacial score (nSPS) is 12.1. The van der Waals surface area contributed by atoms with E-state index in [2.05, 4.69) is 0 Å². The van der Waals surface area contributed by atoms with Crippen molar-refractivity contribution in [3.05, 3.63) is 74.8 Å². The fourth-order valence-electron chi connectivity index (χ4n) is 1.89. The SMILES string of the molecule is NC(Cc1ccc([N+](=O)[O-])cc1)c1ccccc1Cl. The number of rotatable bonds is 4. The van der Waals surface area contributed by atoms with E-state index in [4.69, 9.17) is 17.3 Å². The van der Waals surface area contributed by atoms with Gasteiger partial charge in [0.1, 0.15) is 0 Å². The highest BCUT2D eigenvalue weighted by Crippen LogP contribution is 2.24. The molecular weight excluding hydrogens is 264 g/mol. The Morgan fingerprint density at radius 2 is 1.79 bits per heavy atom. The van der Waals surface area contributed by atoms with Crippen LogP contribution in [0.1, 0.15) is 17.2 Å². The van der Waals surface area contributed by atoms with Crippen molar-refractivity contribution >= 4 is 17.3 Å². The molecule has 0 spiro atoms. The maximum absolute atomic E-state index is 10.6. The van der Waals surface area contributed by atoms with Gasteiger partial charge in [-0.25, -0.2) is 0 Å². The van der Waals surface area contributed by atoms with Crippen molar-refractivity contribution in [2.24, 2.45) is 5.73 Å². The number of nitro benzene ring substituents is 1. The zero-order valence-electron chi connectivity index (χ0n) is 10.1. The van der Waals surface area contributed by atoms with Crippen molar-refractivity contribution in [3.8, 4) is 0 Å². The topological polar surface area (TPSA) is 69.2 Å². The van der Waals surface area contributed by atoms with E-state index in [-0.39, 0.29) is 11.7 Å². The Hall–Kier alpha value is -1.91. The lowest BCUT2D eigenvalue weighted by Gasteiger charge is -2.13. The van der Waals surface area contributed by atoms with Gasteiger partial charge in [0.05, 0.1) is 4.92 Å². The molecule has 1 unspecified atom stereocenters. The second-order valence-electron chi connectivity index (χ2n) is 4.26. The van der Waals surface area contributed by atoms with Crippen LogP contribution < -0.4 is 5.73 Å². The van der Waals surface area contributed by atoms with Gasteiger partial charge < -0.3 is 5.73 Å². The third-order valence-corrected chi connectivity index (χ3v) is 3.25. The van der Waals surface area contributed by atoms with Crippen LogP contribution in [0.15, 0.2) is 48.5 Å². The molecule has 1 atom stereocenters. The van der Waals surface area contributed by atoms with Crippen molar-refractivity contribution in [3.63, 3.8) is 0 Å². The highest BCUT2D eigenvalue weighted by molar-refractivity contribution is 6.31. The van der Waals surface area contributed by atoms with Gasteiger partial charge in [0.15, 0.2) is 0 Å². The maximum Gasteiger partial charge on any atom is 0.269 e. The van der Waals surface area contributed by atoms with Crippen LogP contribution in [0.5, 0.6) is 0 Å². The molecule has 0 saturated carbocycles. The number of nitrogens with two attached hydrogens (primary N) is 1. The third kappa shape index (κ3) is 3.30. The van der Waals surface area contributed by atoms with E-state index >= 15 is 0 Å². The molecule has 0 bridgehead atoms. The average molecular weight is 277 g/mol. The minimum Gasteiger partial charge on any atom is -0.324 e. The van der Waals surface area contributed by atoms with E-state index in [0.717, 1.165) is 11.1 Å². The number of hydrogen-bond donors (Lipinski definition) is 1. The second kappa shape index (κ2) is 5.82. The van der Waals surface area contributed by atoms with Crippen molar-refractivity contribution in [2.45, 2.75) is 12.5 Å². The Morgan fingerprint density at radius 3 is 2.37 bits per heavy atom. The van der Waals surface area contributed by atoms with Crippen LogP contribution >= 0.6 is 11.6 Å². The van der Waals surface area contributed by atoms with E-state index in [1.165, 1.54) is 12.1 Å². The van der Waals surface area contributed by atoms with E-state index in [1.54, 1.807) is 18.2 Å². The third-order valence-electron chi connectivity index (χ3n) is 2.91. The van der Waals surface area contributed by atoms with Crippen molar-refractivity contribution in [2.75, 3.05) is 0 Å². The molecule has 0 aliphatic carbocycles. The van der Waals surface area contributed by atoms with Crippen LogP contribution in [0.4, 0.5) is 5.69 Å². The predicted octanol–water partition coefficient (Wildman–Crippen LogP) is 3.49. The van der Waals surface area contributed by atoms with Crippen LogP contribution in [0, 0.1) is 10.1 Å². The van der Waals surface area contributed by atoms with Crippen LogP contribution in [-0.2, 0) is 6.42 Å². The Morgan fingerprint density at radius 1 is 1.16 bits per heavy atom. The molecule has 5 heteroatoms. The molecule has 98 valence electrons. The highest BCUT2D eigenvalue weighted by atomic mass is 35.5. The van der Waals surface area contributed by atoms with Gasteiger partial charge in [-0.05, 0) is 23.6 Å². The van der Waals surface area contributed by atoms with E-state index in [0.29, 0.717) is 11.4 Å². The van der Waals surface area contributed by atoms with Crippen molar-refractivity contribution < 1.29 is 4.92 Å². The minimum atomic E-state index is -0.419. The molecule has 2 N–H and O–H groups in total. The summed E-state index contributed by atoms with van der Waals surface area (Å²) < 4.78 is 0. The lowest BCUT2D eigenvalue weighted by atomic mass is 9.99. The molecule has 2 rings (SSSR count). The number of nitro groups is 1. The van der Waals surface area contributed by atoms with Gasteiger partial charge >= 0.3 is 0 Å². The van der Waals surface area contributed by atoms with Gasteiger partial charge in [0.25, 0.3) is 5.69 Å². The Balaban J connectivity index is 2.13. The van der Waals surface area contributed by atoms with Crippen molar-refractivity contribution in [1.29, 1.82) is 0 Å². The largest absolute Gasteiger partial charge is 0.324 e. The molecule has 0 aliphatic rings. The zero-order valence-corrected chi connectivity index (χ0v) is 10.9. The number of non-ortho nitro benzene ring substituents is 1. The van der Waals surface area contributed by atoms with Gasteiger partial charge in [-0.1, -0.05) is 41.9 Å². The molecule has 0 radical (unpaired) electrons. The molecule has 19 heavy (non-hydrogen) atoms. The first-order valence-electron chi connectivity index (χ1n) is 5.81. The average Bonchev–Trinajstić information content (AvgIpc) is 2.39. The Kier molecular flexibility index (Phi) is 4.14. The van der Waals surface area contributed by atoms with Gasteiger partial charge in [-0.2, -0.15) is 0 Å². The first kappa shape index (κ1) is 13.5. The molecule has 0 fully saturated rings. The molecular formula is C14H13ClN2O2. The molecule has 0 aliphatic heterocycles.